The molecule has 14 heavy (non-hydrogen) atoms. The quantitative estimate of drug-likeness (QED) is 0.647. The van der Waals surface area contributed by atoms with E-state index in [1.54, 1.807) is 0 Å². The maximum atomic E-state index is 11.3. The van der Waals surface area contributed by atoms with Crippen molar-refractivity contribution >= 4 is 17.7 Å². The molecule has 1 aliphatic rings. The van der Waals surface area contributed by atoms with E-state index in [1.165, 1.54) is 6.42 Å². The van der Waals surface area contributed by atoms with Gasteiger partial charge in [0.15, 0.2) is 0 Å². The number of hydrogen-bond donors (Lipinski definition) is 2. The van der Waals surface area contributed by atoms with Crippen LogP contribution in [0.25, 0.3) is 0 Å². The molecule has 0 aromatic carbocycles. The molecule has 1 unspecified atom stereocenters. The summed E-state index contributed by atoms with van der Waals surface area (Å²) in [5, 5.41) is 6.28. The lowest BCUT2D eigenvalue weighted by Gasteiger charge is -2.09. The van der Waals surface area contributed by atoms with Crippen molar-refractivity contribution in [2.45, 2.75) is 19.8 Å². The van der Waals surface area contributed by atoms with Gasteiger partial charge >= 0.3 is 0 Å². The summed E-state index contributed by atoms with van der Waals surface area (Å²) < 4.78 is 0. The predicted octanol–water partition coefficient (Wildman–Crippen LogP) is 0.855. The maximum absolute atomic E-state index is 11.3. The lowest BCUT2D eigenvalue weighted by molar-refractivity contribution is -0.120. The molecule has 0 radical (unpaired) electrons. The van der Waals surface area contributed by atoms with E-state index >= 15 is 0 Å². The number of carbonyl (C=O) groups excluding carboxylic acids is 1. The van der Waals surface area contributed by atoms with E-state index < -0.39 is 0 Å². The molecule has 3 nitrogen and oxygen atoms in total. The van der Waals surface area contributed by atoms with Crippen LogP contribution >= 0.6 is 11.8 Å². The summed E-state index contributed by atoms with van der Waals surface area (Å²) in [6, 6.07) is 0. The van der Waals surface area contributed by atoms with E-state index in [9.17, 15) is 4.79 Å². The standard InChI is InChI=1S/C10H20N2OS/c1-2-14-6-4-10(13)12-8-9-3-5-11-7-9/h9,11H,2-8H2,1H3,(H,12,13). The third kappa shape index (κ3) is 4.86. The molecule has 0 spiro atoms. The molecule has 82 valence electrons. The summed E-state index contributed by atoms with van der Waals surface area (Å²) in [6.07, 6.45) is 1.86. The second-order valence-corrected chi connectivity index (χ2v) is 5.00. The molecular formula is C10H20N2OS. The molecule has 2 N–H and O–H groups in total. The van der Waals surface area contributed by atoms with Gasteiger partial charge < -0.3 is 10.6 Å². The summed E-state index contributed by atoms with van der Waals surface area (Å²) in [7, 11) is 0. The number of nitrogens with one attached hydrogen (secondary N) is 2. The Morgan fingerprint density at radius 3 is 3.14 bits per heavy atom. The van der Waals surface area contributed by atoms with Gasteiger partial charge in [0.2, 0.25) is 5.91 Å². The molecular weight excluding hydrogens is 196 g/mol. The first-order valence-corrected chi connectivity index (χ1v) is 6.53. The van der Waals surface area contributed by atoms with Crippen molar-refractivity contribution in [3.05, 3.63) is 0 Å². The molecule has 1 amide bonds. The highest BCUT2D eigenvalue weighted by Gasteiger charge is 2.14. The first-order chi connectivity index (χ1) is 6.83. The summed E-state index contributed by atoms with van der Waals surface area (Å²) in [4.78, 5) is 11.3. The Kier molecular flexibility index (Phi) is 6.03. The third-order valence-corrected chi connectivity index (χ3v) is 3.33. The monoisotopic (exact) mass is 216 g/mol. The maximum Gasteiger partial charge on any atom is 0.220 e. The van der Waals surface area contributed by atoms with E-state index in [0.29, 0.717) is 12.3 Å². The predicted molar refractivity (Wildman–Crippen MR) is 61.6 cm³/mol. The van der Waals surface area contributed by atoms with Crippen LogP contribution in [0, 0.1) is 5.92 Å². The van der Waals surface area contributed by atoms with Gasteiger partial charge in [-0.15, -0.1) is 0 Å². The van der Waals surface area contributed by atoms with Crippen LogP contribution in [0.3, 0.4) is 0 Å². The summed E-state index contributed by atoms with van der Waals surface area (Å²) >= 11 is 1.82. The van der Waals surface area contributed by atoms with Crippen LogP contribution in [0.5, 0.6) is 0 Å². The van der Waals surface area contributed by atoms with Gasteiger partial charge in [-0.25, -0.2) is 0 Å². The van der Waals surface area contributed by atoms with Crippen molar-refractivity contribution in [2.75, 3.05) is 31.1 Å². The van der Waals surface area contributed by atoms with Crippen LogP contribution in [0.4, 0.5) is 0 Å². The fourth-order valence-corrected chi connectivity index (χ4v) is 2.16. The lowest BCUT2D eigenvalue weighted by atomic mass is 10.1. The van der Waals surface area contributed by atoms with Crippen LogP contribution in [0.2, 0.25) is 0 Å². The molecule has 1 saturated heterocycles. The smallest absolute Gasteiger partial charge is 0.220 e. The van der Waals surface area contributed by atoms with Crippen LogP contribution in [0.15, 0.2) is 0 Å². The molecule has 0 aliphatic carbocycles. The van der Waals surface area contributed by atoms with E-state index in [4.69, 9.17) is 0 Å². The molecule has 0 aromatic rings. The van der Waals surface area contributed by atoms with Gasteiger partial charge in [0.1, 0.15) is 0 Å². The lowest BCUT2D eigenvalue weighted by Crippen LogP contribution is -2.30. The number of amides is 1. The van der Waals surface area contributed by atoms with E-state index in [1.807, 2.05) is 11.8 Å². The average Bonchev–Trinajstić information content (AvgIpc) is 2.68. The molecule has 1 heterocycles. The Labute approximate surface area is 90.4 Å². The highest BCUT2D eigenvalue weighted by molar-refractivity contribution is 7.99. The first-order valence-electron chi connectivity index (χ1n) is 5.38. The van der Waals surface area contributed by atoms with Crippen LogP contribution in [0.1, 0.15) is 19.8 Å². The van der Waals surface area contributed by atoms with E-state index in [2.05, 4.69) is 17.6 Å². The topological polar surface area (TPSA) is 41.1 Å². The molecule has 4 heteroatoms. The molecule has 0 saturated carbocycles. The zero-order valence-electron chi connectivity index (χ0n) is 8.84. The minimum Gasteiger partial charge on any atom is -0.356 e. The van der Waals surface area contributed by atoms with Crippen molar-refractivity contribution < 1.29 is 4.79 Å². The Hall–Kier alpha value is -0.220. The molecule has 1 rings (SSSR count). The zero-order valence-corrected chi connectivity index (χ0v) is 9.66. The van der Waals surface area contributed by atoms with Crippen LogP contribution < -0.4 is 10.6 Å². The van der Waals surface area contributed by atoms with Crippen molar-refractivity contribution in [1.82, 2.24) is 10.6 Å². The Morgan fingerprint density at radius 2 is 2.50 bits per heavy atom. The van der Waals surface area contributed by atoms with Gasteiger partial charge in [-0.1, -0.05) is 6.92 Å². The first kappa shape index (κ1) is 11.9. The Bertz CT molecular complexity index is 170. The highest BCUT2D eigenvalue weighted by atomic mass is 32.2. The molecule has 1 atom stereocenters. The highest BCUT2D eigenvalue weighted by Crippen LogP contribution is 2.05. The van der Waals surface area contributed by atoms with Crippen LogP contribution in [-0.4, -0.2) is 37.0 Å². The number of rotatable bonds is 6. The number of carbonyl (C=O) groups is 1. The average molecular weight is 216 g/mol. The zero-order chi connectivity index (χ0) is 10.2. The van der Waals surface area contributed by atoms with Crippen LogP contribution in [-0.2, 0) is 4.79 Å². The minimum atomic E-state index is 0.206. The fraction of sp³-hybridized carbons (Fsp3) is 0.900. The second kappa shape index (κ2) is 7.12. The van der Waals surface area contributed by atoms with Gasteiger partial charge in [0.05, 0.1) is 0 Å². The van der Waals surface area contributed by atoms with Gasteiger partial charge in [-0.05, 0) is 31.2 Å². The number of thioether (sulfide) groups is 1. The fourth-order valence-electron chi connectivity index (χ4n) is 1.54. The normalized spacial score (nSPS) is 21.1. The Morgan fingerprint density at radius 1 is 1.64 bits per heavy atom. The molecule has 1 fully saturated rings. The Balaban J connectivity index is 1.96. The minimum absolute atomic E-state index is 0.206. The molecule has 1 aliphatic heterocycles. The molecule has 0 bridgehead atoms. The number of hydrogen-bond acceptors (Lipinski definition) is 3. The molecule has 0 aromatic heterocycles. The summed E-state index contributed by atoms with van der Waals surface area (Å²) in [6.45, 7) is 5.13. The van der Waals surface area contributed by atoms with E-state index in [-0.39, 0.29) is 5.91 Å². The van der Waals surface area contributed by atoms with Crippen molar-refractivity contribution in [1.29, 1.82) is 0 Å². The summed E-state index contributed by atoms with van der Waals surface area (Å²) in [5.74, 6) is 2.90. The van der Waals surface area contributed by atoms with Gasteiger partial charge in [-0.3, -0.25) is 4.79 Å². The summed E-state index contributed by atoms with van der Waals surface area (Å²) in [5.41, 5.74) is 0. The van der Waals surface area contributed by atoms with Gasteiger partial charge in [-0.2, -0.15) is 11.8 Å². The SMILES string of the molecule is CCSCCC(=O)NCC1CCNC1. The van der Waals surface area contributed by atoms with E-state index in [0.717, 1.165) is 31.1 Å². The van der Waals surface area contributed by atoms with Gasteiger partial charge in [0.25, 0.3) is 0 Å². The van der Waals surface area contributed by atoms with Crippen molar-refractivity contribution in [2.24, 2.45) is 5.92 Å². The largest absolute Gasteiger partial charge is 0.356 e. The van der Waals surface area contributed by atoms with Crippen molar-refractivity contribution in [3.8, 4) is 0 Å². The third-order valence-electron chi connectivity index (χ3n) is 2.43. The van der Waals surface area contributed by atoms with Crippen molar-refractivity contribution in [3.63, 3.8) is 0 Å². The van der Waals surface area contributed by atoms with Gasteiger partial charge in [0, 0.05) is 18.7 Å². The second-order valence-electron chi connectivity index (χ2n) is 3.61.